The summed E-state index contributed by atoms with van der Waals surface area (Å²) in [7, 11) is 1.80. The standard InChI is InChI=1S/C22H34N4O3/c1-24-22(26-9-3-6-18(15-26)13-21(23)27)25-14-17-4-2-5-19(12-17)16-29-20-7-10-28-11-8-20/h2,4-5,12,18,20H,3,6-11,13-16H2,1H3,(H2,23,27)(H,24,25). The summed E-state index contributed by atoms with van der Waals surface area (Å²) >= 11 is 0. The van der Waals surface area contributed by atoms with Crippen LogP contribution in [0.2, 0.25) is 0 Å². The number of piperidine rings is 1. The summed E-state index contributed by atoms with van der Waals surface area (Å²) in [5.74, 6) is 0.966. The maximum atomic E-state index is 11.3. The lowest BCUT2D eigenvalue weighted by Gasteiger charge is -2.34. The number of nitrogens with two attached hydrogens (primary N) is 1. The summed E-state index contributed by atoms with van der Waals surface area (Å²) in [4.78, 5) is 17.9. The fourth-order valence-electron chi connectivity index (χ4n) is 4.11. The monoisotopic (exact) mass is 402 g/mol. The van der Waals surface area contributed by atoms with Crippen LogP contribution in [0.1, 0.15) is 43.2 Å². The van der Waals surface area contributed by atoms with Crippen molar-refractivity contribution < 1.29 is 14.3 Å². The van der Waals surface area contributed by atoms with E-state index in [-0.39, 0.29) is 5.91 Å². The molecule has 1 atom stereocenters. The number of likely N-dealkylation sites (tertiary alicyclic amines) is 1. The second kappa shape index (κ2) is 11.2. The zero-order valence-corrected chi connectivity index (χ0v) is 17.4. The Morgan fingerprint density at radius 1 is 1.31 bits per heavy atom. The van der Waals surface area contributed by atoms with Crippen molar-refractivity contribution in [3.63, 3.8) is 0 Å². The highest BCUT2D eigenvalue weighted by atomic mass is 16.5. The van der Waals surface area contributed by atoms with E-state index in [4.69, 9.17) is 15.2 Å². The molecule has 7 nitrogen and oxygen atoms in total. The normalized spacial score (nSPS) is 21.2. The molecule has 2 aliphatic heterocycles. The zero-order valence-electron chi connectivity index (χ0n) is 17.4. The molecule has 1 aromatic carbocycles. The summed E-state index contributed by atoms with van der Waals surface area (Å²) in [6.45, 7) is 4.70. The number of benzene rings is 1. The second-order valence-corrected chi connectivity index (χ2v) is 7.97. The van der Waals surface area contributed by atoms with Gasteiger partial charge in [-0.15, -0.1) is 0 Å². The van der Waals surface area contributed by atoms with E-state index in [1.165, 1.54) is 11.1 Å². The molecule has 0 saturated carbocycles. The van der Waals surface area contributed by atoms with Crippen LogP contribution in [-0.2, 0) is 27.4 Å². The van der Waals surface area contributed by atoms with Gasteiger partial charge >= 0.3 is 0 Å². The smallest absolute Gasteiger partial charge is 0.217 e. The van der Waals surface area contributed by atoms with E-state index in [1.54, 1.807) is 7.05 Å². The number of nitrogens with zero attached hydrogens (tertiary/aromatic N) is 2. The van der Waals surface area contributed by atoms with Gasteiger partial charge in [0.05, 0.1) is 12.7 Å². The van der Waals surface area contributed by atoms with Crippen molar-refractivity contribution in [1.82, 2.24) is 10.2 Å². The Kier molecular flexibility index (Phi) is 8.31. The summed E-state index contributed by atoms with van der Waals surface area (Å²) in [5.41, 5.74) is 7.76. The van der Waals surface area contributed by atoms with Crippen molar-refractivity contribution in [3.05, 3.63) is 35.4 Å². The second-order valence-electron chi connectivity index (χ2n) is 7.97. The van der Waals surface area contributed by atoms with Gasteiger partial charge in [0.25, 0.3) is 0 Å². The van der Waals surface area contributed by atoms with Gasteiger partial charge in [-0.25, -0.2) is 0 Å². The molecule has 0 spiro atoms. The molecule has 3 N–H and O–H groups in total. The molecule has 0 aromatic heterocycles. The molecule has 0 aliphatic carbocycles. The fourth-order valence-corrected chi connectivity index (χ4v) is 4.11. The van der Waals surface area contributed by atoms with Crippen LogP contribution in [0.25, 0.3) is 0 Å². The highest BCUT2D eigenvalue weighted by molar-refractivity contribution is 5.80. The first-order valence-corrected chi connectivity index (χ1v) is 10.6. The number of carbonyl (C=O) groups excluding carboxylic acids is 1. The molecule has 2 heterocycles. The van der Waals surface area contributed by atoms with Gasteiger partial charge in [0.1, 0.15) is 0 Å². The average molecular weight is 403 g/mol. The first-order chi connectivity index (χ1) is 14.1. The van der Waals surface area contributed by atoms with E-state index in [2.05, 4.69) is 39.5 Å². The topological polar surface area (TPSA) is 89.2 Å². The van der Waals surface area contributed by atoms with Crippen LogP contribution in [0.15, 0.2) is 29.3 Å². The minimum atomic E-state index is -0.223. The van der Waals surface area contributed by atoms with Gasteiger partial charge < -0.3 is 25.4 Å². The first-order valence-electron chi connectivity index (χ1n) is 10.6. The van der Waals surface area contributed by atoms with Crippen LogP contribution < -0.4 is 11.1 Å². The van der Waals surface area contributed by atoms with Crippen molar-refractivity contribution in [3.8, 4) is 0 Å². The molecular weight excluding hydrogens is 368 g/mol. The van der Waals surface area contributed by atoms with Crippen LogP contribution in [-0.4, -0.2) is 56.2 Å². The van der Waals surface area contributed by atoms with Gasteiger partial charge in [-0.3, -0.25) is 9.79 Å². The fraction of sp³-hybridized carbons (Fsp3) is 0.636. The van der Waals surface area contributed by atoms with Crippen molar-refractivity contribution >= 4 is 11.9 Å². The molecule has 0 radical (unpaired) electrons. The van der Waals surface area contributed by atoms with Crippen LogP contribution in [0.4, 0.5) is 0 Å². The third-order valence-corrected chi connectivity index (χ3v) is 5.62. The van der Waals surface area contributed by atoms with Crippen molar-refractivity contribution in [2.75, 3.05) is 33.4 Å². The predicted molar refractivity (Wildman–Crippen MR) is 113 cm³/mol. The number of aliphatic imine (C=N–C) groups is 1. The molecular formula is C22H34N4O3. The van der Waals surface area contributed by atoms with E-state index in [0.29, 0.717) is 31.6 Å². The summed E-state index contributed by atoms with van der Waals surface area (Å²) in [6, 6.07) is 8.49. The van der Waals surface area contributed by atoms with E-state index in [1.807, 2.05) is 0 Å². The molecule has 2 fully saturated rings. The third-order valence-electron chi connectivity index (χ3n) is 5.62. The lowest BCUT2D eigenvalue weighted by molar-refractivity contribution is -0.119. The Morgan fingerprint density at radius 2 is 2.10 bits per heavy atom. The number of guanidine groups is 1. The van der Waals surface area contributed by atoms with Gasteiger partial charge in [0, 0.05) is 46.3 Å². The zero-order chi connectivity index (χ0) is 20.5. The maximum absolute atomic E-state index is 11.3. The van der Waals surface area contributed by atoms with Crippen molar-refractivity contribution in [2.45, 2.75) is 51.4 Å². The van der Waals surface area contributed by atoms with E-state index >= 15 is 0 Å². The Labute approximate surface area is 173 Å². The number of carbonyl (C=O) groups is 1. The predicted octanol–water partition coefficient (Wildman–Crippen LogP) is 2.04. The summed E-state index contributed by atoms with van der Waals surface area (Å²) < 4.78 is 11.4. The van der Waals surface area contributed by atoms with Crippen molar-refractivity contribution in [2.24, 2.45) is 16.6 Å². The van der Waals surface area contributed by atoms with E-state index in [9.17, 15) is 4.79 Å². The Morgan fingerprint density at radius 3 is 2.86 bits per heavy atom. The molecule has 3 rings (SSSR count). The van der Waals surface area contributed by atoms with Crippen LogP contribution in [0, 0.1) is 5.92 Å². The summed E-state index contributed by atoms with van der Waals surface area (Å²) in [6.07, 6.45) is 4.80. The molecule has 1 aromatic rings. The third kappa shape index (κ3) is 7.01. The SMILES string of the molecule is CN=C(NCc1cccc(COC2CCOCC2)c1)N1CCCC(CC(N)=O)C1. The molecule has 0 bridgehead atoms. The molecule has 1 amide bonds. The highest BCUT2D eigenvalue weighted by Crippen LogP contribution is 2.19. The van der Waals surface area contributed by atoms with E-state index in [0.717, 1.165) is 57.9 Å². The number of amides is 1. The van der Waals surface area contributed by atoms with Crippen LogP contribution in [0.5, 0.6) is 0 Å². The molecule has 7 heteroatoms. The van der Waals surface area contributed by atoms with Gasteiger partial charge in [0.15, 0.2) is 5.96 Å². The lowest BCUT2D eigenvalue weighted by Crippen LogP contribution is -2.46. The maximum Gasteiger partial charge on any atom is 0.217 e. The molecule has 29 heavy (non-hydrogen) atoms. The Hall–Kier alpha value is -2.12. The number of hydrogen-bond donors (Lipinski definition) is 2. The van der Waals surface area contributed by atoms with Gasteiger partial charge in [-0.1, -0.05) is 24.3 Å². The molecule has 2 aliphatic rings. The number of rotatable bonds is 7. The van der Waals surface area contributed by atoms with Gasteiger partial charge in [-0.05, 0) is 42.7 Å². The van der Waals surface area contributed by atoms with Crippen LogP contribution >= 0.6 is 0 Å². The van der Waals surface area contributed by atoms with E-state index < -0.39 is 0 Å². The van der Waals surface area contributed by atoms with Gasteiger partial charge in [0.2, 0.25) is 5.91 Å². The van der Waals surface area contributed by atoms with Gasteiger partial charge in [-0.2, -0.15) is 0 Å². The van der Waals surface area contributed by atoms with Crippen LogP contribution in [0.3, 0.4) is 0 Å². The van der Waals surface area contributed by atoms with Crippen molar-refractivity contribution in [1.29, 1.82) is 0 Å². The number of hydrogen-bond acceptors (Lipinski definition) is 4. The minimum Gasteiger partial charge on any atom is -0.381 e. The lowest BCUT2D eigenvalue weighted by atomic mass is 9.95. The quantitative estimate of drug-likeness (QED) is 0.538. The minimum absolute atomic E-state index is 0.223. The number of nitrogens with one attached hydrogen (secondary N) is 1. The Balaban J connectivity index is 1.49. The average Bonchev–Trinajstić information content (AvgIpc) is 2.74. The molecule has 160 valence electrons. The summed E-state index contributed by atoms with van der Waals surface area (Å²) in [5, 5.41) is 3.46. The number of ether oxygens (including phenoxy) is 2. The molecule has 2 saturated heterocycles. The number of primary amides is 1. The first kappa shape index (κ1) is 21.6. The largest absolute Gasteiger partial charge is 0.381 e. The molecule has 1 unspecified atom stereocenters. The Bertz CT molecular complexity index is 688. The highest BCUT2D eigenvalue weighted by Gasteiger charge is 2.23.